The number of benzene rings is 2. The minimum Gasteiger partial charge on any atom is -0.465 e. The van der Waals surface area contributed by atoms with Crippen LogP contribution in [0.25, 0.3) is 0 Å². The molecule has 0 saturated carbocycles. The van der Waals surface area contributed by atoms with Crippen molar-refractivity contribution in [3.05, 3.63) is 92.9 Å². The maximum absolute atomic E-state index is 12.3. The Kier molecular flexibility index (Phi) is 5.52. The van der Waals surface area contributed by atoms with Gasteiger partial charge in [-0.05, 0) is 37.1 Å². The average Bonchev–Trinajstić information content (AvgIpc) is 2.63. The Balaban J connectivity index is 2.09. The van der Waals surface area contributed by atoms with E-state index < -0.39 is 5.92 Å². The molecule has 3 nitrogen and oxygen atoms in total. The summed E-state index contributed by atoms with van der Waals surface area (Å²) in [5, 5.41) is 0. The fraction of sp³-hybridized carbons (Fsp3) is 0.182. The summed E-state index contributed by atoms with van der Waals surface area (Å²) in [7, 11) is 0. The molecular weight excluding hydrogens is 392 g/mol. The van der Waals surface area contributed by atoms with Crippen LogP contribution in [0.2, 0.25) is 0 Å². The second-order valence-electron chi connectivity index (χ2n) is 6.27. The lowest BCUT2D eigenvalue weighted by molar-refractivity contribution is -0.114. The topological polar surface area (TPSA) is 43.4 Å². The van der Waals surface area contributed by atoms with Crippen LogP contribution in [0.4, 0.5) is 0 Å². The van der Waals surface area contributed by atoms with Crippen LogP contribution in [0, 0.1) is 0 Å². The number of hydrogen-bond acceptors (Lipinski definition) is 3. The number of aldehydes is 1. The summed E-state index contributed by atoms with van der Waals surface area (Å²) in [6.07, 6.45) is 1.31. The number of Topliss-reactive ketones (excluding diaryl/α,β-unsaturated/α-hetero) is 1. The molecule has 1 unspecified atom stereocenters. The van der Waals surface area contributed by atoms with Crippen molar-refractivity contribution in [2.24, 2.45) is 0 Å². The third-order valence-electron chi connectivity index (χ3n) is 4.49. The van der Waals surface area contributed by atoms with Crippen LogP contribution in [0.5, 0.6) is 0 Å². The van der Waals surface area contributed by atoms with Crippen molar-refractivity contribution < 1.29 is 14.3 Å². The molecule has 0 spiro atoms. The number of ether oxygens (including phenoxy) is 1. The number of hydrogen-bond donors (Lipinski definition) is 0. The van der Waals surface area contributed by atoms with Crippen molar-refractivity contribution in [3.8, 4) is 0 Å². The van der Waals surface area contributed by atoms with Crippen molar-refractivity contribution in [1.29, 1.82) is 0 Å². The van der Waals surface area contributed by atoms with Gasteiger partial charge in [0, 0.05) is 28.0 Å². The van der Waals surface area contributed by atoms with Crippen LogP contribution in [-0.2, 0) is 20.7 Å². The molecule has 4 heteroatoms. The van der Waals surface area contributed by atoms with E-state index in [2.05, 4.69) is 15.9 Å². The summed E-state index contributed by atoms with van der Waals surface area (Å²) >= 11 is 3.43. The largest absolute Gasteiger partial charge is 0.465 e. The second kappa shape index (κ2) is 7.83. The van der Waals surface area contributed by atoms with Crippen molar-refractivity contribution >= 4 is 28.0 Å². The van der Waals surface area contributed by atoms with Crippen LogP contribution in [0.3, 0.4) is 0 Å². The monoisotopic (exact) mass is 410 g/mol. The SMILES string of the molecule is CC(=O)C1=C(C)OC(Cc2ccc(Br)cc2)=C(C=O)C1c1ccccc1. The van der Waals surface area contributed by atoms with E-state index in [4.69, 9.17) is 4.74 Å². The van der Waals surface area contributed by atoms with Gasteiger partial charge < -0.3 is 4.74 Å². The maximum Gasteiger partial charge on any atom is 0.160 e. The lowest BCUT2D eigenvalue weighted by Gasteiger charge is -2.29. The third kappa shape index (κ3) is 3.70. The number of halogens is 1. The summed E-state index contributed by atoms with van der Waals surface area (Å²) in [5.74, 6) is 0.673. The molecule has 2 aromatic carbocycles. The van der Waals surface area contributed by atoms with Gasteiger partial charge in [-0.1, -0.05) is 58.4 Å². The highest BCUT2D eigenvalue weighted by Crippen LogP contribution is 2.40. The fourth-order valence-corrected chi connectivity index (χ4v) is 3.59. The van der Waals surface area contributed by atoms with Gasteiger partial charge in [-0.15, -0.1) is 0 Å². The summed E-state index contributed by atoms with van der Waals surface area (Å²) in [6, 6.07) is 17.5. The first kappa shape index (κ1) is 18.3. The molecule has 0 amide bonds. The zero-order valence-corrected chi connectivity index (χ0v) is 16.2. The second-order valence-corrected chi connectivity index (χ2v) is 7.19. The van der Waals surface area contributed by atoms with E-state index in [9.17, 15) is 9.59 Å². The Hall–Kier alpha value is -2.46. The van der Waals surface area contributed by atoms with Gasteiger partial charge in [-0.2, -0.15) is 0 Å². The molecule has 1 aliphatic rings. The van der Waals surface area contributed by atoms with Gasteiger partial charge in [0.15, 0.2) is 5.78 Å². The molecule has 2 aromatic rings. The molecule has 0 saturated heterocycles. The van der Waals surface area contributed by atoms with Crippen LogP contribution in [0.15, 0.2) is 81.7 Å². The van der Waals surface area contributed by atoms with Crippen LogP contribution < -0.4 is 0 Å². The molecule has 132 valence electrons. The number of ketones is 1. The Morgan fingerprint density at radius 1 is 1.12 bits per heavy atom. The van der Waals surface area contributed by atoms with Gasteiger partial charge in [-0.3, -0.25) is 9.59 Å². The Morgan fingerprint density at radius 3 is 2.35 bits per heavy atom. The van der Waals surface area contributed by atoms with E-state index in [-0.39, 0.29) is 5.78 Å². The van der Waals surface area contributed by atoms with Gasteiger partial charge in [0.1, 0.15) is 17.8 Å². The van der Waals surface area contributed by atoms with Crippen LogP contribution in [-0.4, -0.2) is 12.1 Å². The smallest absolute Gasteiger partial charge is 0.160 e. The summed E-state index contributed by atoms with van der Waals surface area (Å²) < 4.78 is 6.94. The minimum atomic E-state index is -0.398. The lowest BCUT2D eigenvalue weighted by atomic mass is 9.80. The van der Waals surface area contributed by atoms with Crippen molar-refractivity contribution in [3.63, 3.8) is 0 Å². The van der Waals surface area contributed by atoms with E-state index in [0.717, 1.165) is 21.9 Å². The van der Waals surface area contributed by atoms with E-state index in [1.807, 2.05) is 54.6 Å². The standard InChI is InChI=1S/C22H19BrO3/c1-14(25)21-15(2)26-20(12-16-8-10-18(23)11-9-16)19(13-24)22(21)17-6-4-3-5-7-17/h3-11,13,22H,12H2,1-2H3. The quantitative estimate of drug-likeness (QED) is 0.642. The van der Waals surface area contributed by atoms with E-state index in [1.165, 1.54) is 6.92 Å². The fourth-order valence-electron chi connectivity index (χ4n) is 3.32. The average molecular weight is 411 g/mol. The van der Waals surface area contributed by atoms with E-state index in [0.29, 0.717) is 29.1 Å². The molecule has 0 bridgehead atoms. The number of carbonyl (C=O) groups excluding carboxylic acids is 2. The minimum absolute atomic E-state index is 0.0848. The predicted molar refractivity (Wildman–Crippen MR) is 105 cm³/mol. The highest BCUT2D eigenvalue weighted by Gasteiger charge is 2.33. The van der Waals surface area contributed by atoms with E-state index in [1.54, 1.807) is 6.92 Å². The third-order valence-corrected chi connectivity index (χ3v) is 5.02. The van der Waals surface area contributed by atoms with Gasteiger partial charge in [0.2, 0.25) is 0 Å². The Morgan fingerprint density at radius 2 is 1.77 bits per heavy atom. The molecule has 26 heavy (non-hydrogen) atoms. The lowest BCUT2D eigenvalue weighted by Crippen LogP contribution is -2.22. The van der Waals surface area contributed by atoms with Gasteiger partial charge in [0.05, 0.1) is 0 Å². The Bertz CT molecular complexity index is 893. The molecule has 0 aliphatic carbocycles. The summed E-state index contributed by atoms with van der Waals surface area (Å²) in [4.78, 5) is 24.3. The number of rotatable bonds is 5. The zero-order chi connectivity index (χ0) is 18.7. The molecule has 1 heterocycles. The molecule has 1 aliphatic heterocycles. The molecule has 0 aromatic heterocycles. The molecule has 0 N–H and O–H groups in total. The molecule has 1 atom stereocenters. The van der Waals surface area contributed by atoms with E-state index >= 15 is 0 Å². The van der Waals surface area contributed by atoms with Gasteiger partial charge >= 0.3 is 0 Å². The number of carbonyl (C=O) groups is 2. The number of allylic oxidation sites excluding steroid dienone is 4. The molecule has 3 rings (SSSR count). The summed E-state index contributed by atoms with van der Waals surface area (Å²) in [6.45, 7) is 3.30. The predicted octanol–water partition coefficient (Wildman–Crippen LogP) is 5.12. The van der Waals surface area contributed by atoms with Gasteiger partial charge in [0.25, 0.3) is 0 Å². The highest BCUT2D eigenvalue weighted by molar-refractivity contribution is 9.10. The van der Waals surface area contributed by atoms with Crippen molar-refractivity contribution in [1.82, 2.24) is 0 Å². The normalized spacial score (nSPS) is 17.1. The molecule has 0 fully saturated rings. The maximum atomic E-state index is 12.3. The zero-order valence-electron chi connectivity index (χ0n) is 14.7. The summed E-state index contributed by atoms with van der Waals surface area (Å²) in [5.41, 5.74) is 3.00. The van der Waals surface area contributed by atoms with Gasteiger partial charge in [-0.25, -0.2) is 0 Å². The first-order chi connectivity index (χ1) is 12.5. The van der Waals surface area contributed by atoms with Crippen molar-refractivity contribution in [2.45, 2.75) is 26.2 Å². The van der Waals surface area contributed by atoms with Crippen molar-refractivity contribution in [2.75, 3.05) is 0 Å². The molecular formula is C22H19BrO3. The first-order valence-corrected chi connectivity index (χ1v) is 9.17. The highest BCUT2D eigenvalue weighted by atomic mass is 79.9. The first-order valence-electron chi connectivity index (χ1n) is 8.38. The van der Waals surface area contributed by atoms with Crippen LogP contribution >= 0.6 is 15.9 Å². The molecule has 0 radical (unpaired) electrons. The Labute approximate surface area is 161 Å². The van der Waals surface area contributed by atoms with Crippen LogP contribution in [0.1, 0.15) is 30.9 Å².